The number of aromatic nitrogens is 2. The fourth-order valence-corrected chi connectivity index (χ4v) is 2.50. The predicted molar refractivity (Wildman–Crippen MR) is 82.3 cm³/mol. The quantitative estimate of drug-likeness (QED) is 0.693. The fraction of sp³-hybridized carbons (Fsp3) is 0. The van der Waals surface area contributed by atoms with Crippen LogP contribution in [0.25, 0.3) is 5.52 Å². The first-order chi connectivity index (χ1) is 9.65. The van der Waals surface area contributed by atoms with E-state index in [1.807, 2.05) is 40.8 Å². The van der Waals surface area contributed by atoms with E-state index in [-0.39, 0.29) is 11.7 Å². The lowest BCUT2D eigenvalue weighted by Gasteiger charge is -2.06. The Morgan fingerprint density at radius 2 is 2.15 bits per heavy atom. The van der Waals surface area contributed by atoms with Crippen LogP contribution in [0.5, 0.6) is 0 Å². The van der Waals surface area contributed by atoms with Crippen LogP contribution in [0, 0.1) is 9.39 Å². The lowest BCUT2D eigenvalue weighted by Crippen LogP contribution is -2.12. The third kappa shape index (κ3) is 2.38. The number of nitrogens with zero attached hydrogens (tertiary/aromatic N) is 2. The zero-order valence-corrected chi connectivity index (χ0v) is 12.3. The molecule has 0 aliphatic rings. The summed E-state index contributed by atoms with van der Waals surface area (Å²) < 4.78 is 15.3. The largest absolute Gasteiger partial charge is 0.321 e. The Balaban J connectivity index is 1.93. The van der Waals surface area contributed by atoms with Crippen molar-refractivity contribution in [3.05, 3.63) is 63.7 Å². The highest BCUT2D eigenvalue weighted by Gasteiger charge is 2.13. The van der Waals surface area contributed by atoms with E-state index < -0.39 is 0 Å². The Bertz CT molecular complexity index is 800. The Kier molecular flexibility index (Phi) is 3.39. The van der Waals surface area contributed by atoms with Crippen LogP contribution in [-0.4, -0.2) is 15.5 Å². The Morgan fingerprint density at radius 1 is 1.30 bits per heavy atom. The first-order valence-electron chi connectivity index (χ1n) is 5.84. The predicted octanol–water partition coefficient (Wildman–Crippen LogP) is 3.33. The maximum absolute atomic E-state index is 13.0. The number of carbonyl (C=O) groups is 1. The highest BCUT2D eigenvalue weighted by Crippen LogP contribution is 2.20. The summed E-state index contributed by atoms with van der Waals surface area (Å²) in [5, 5.41) is 6.88. The second kappa shape index (κ2) is 5.20. The van der Waals surface area contributed by atoms with Crippen LogP contribution in [0.1, 0.15) is 10.4 Å². The van der Waals surface area contributed by atoms with Gasteiger partial charge in [-0.2, -0.15) is 5.10 Å². The average Bonchev–Trinajstić information content (AvgIpc) is 2.86. The van der Waals surface area contributed by atoms with Crippen LogP contribution in [0.2, 0.25) is 0 Å². The highest BCUT2D eigenvalue weighted by molar-refractivity contribution is 14.1. The minimum Gasteiger partial charge on any atom is -0.321 e. The first-order valence-corrected chi connectivity index (χ1v) is 6.92. The number of nitrogens with one attached hydrogen (secondary N) is 1. The molecule has 20 heavy (non-hydrogen) atoms. The number of hydrogen-bond donors (Lipinski definition) is 1. The van der Waals surface area contributed by atoms with Gasteiger partial charge in [-0.3, -0.25) is 4.79 Å². The third-order valence-electron chi connectivity index (χ3n) is 2.85. The molecule has 1 amide bonds. The van der Waals surface area contributed by atoms with Crippen LogP contribution < -0.4 is 5.32 Å². The van der Waals surface area contributed by atoms with Gasteiger partial charge in [0.2, 0.25) is 0 Å². The summed E-state index contributed by atoms with van der Waals surface area (Å²) in [7, 11) is 0. The van der Waals surface area contributed by atoms with Gasteiger partial charge in [0, 0.05) is 9.77 Å². The molecule has 0 unspecified atom stereocenters. The molecule has 3 rings (SSSR count). The molecular weight excluding hydrogens is 372 g/mol. The van der Waals surface area contributed by atoms with Gasteiger partial charge in [-0.25, -0.2) is 8.91 Å². The summed E-state index contributed by atoms with van der Waals surface area (Å²) in [6, 6.07) is 9.72. The van der Waals surface area contributed by atoms with Crippen LogP contribution in [0.15, 0.2) is 48.8 Å². The number of hydrogen-bond acceptors (Lipinski definition) is 2. The minimum absolute atomic E-state index is 0.268. The Hall–Kier alpha value is -1.96. The lowest BCUT2D eigenvalue weighted by atomic mass is 10.2. The number of benzene rings is 1. The molecule has 0 bridgehead atoms. The number of fused-ring (bicyclic) bond motifs is 1. The van der Waals surface area contributed by atoms with E-state index in [9.17, 15) is 9.18 Å². The van der Waals surface area contributed by atoms with Gasteiger partial charge < -0.3 is 5.32 Å². The summed E-state index contributed by atoms with van der Waals surface area (Å²) in [5.74, 6) is -0.598. The maximum atomic E-state index is 13.0. The normalized spacial score (nSPS) is 10.7. The molecule has 0 saturated heterocycles. The average molecular weight is 381 g/mol. The van der Waals surface area contributed by atoms with E-state index in [1.54, 1.807) is 16.8 Å². The molecule has 3 aromatic rings. The van der Waals surface area contributed by atoms with Gasteiger partial charge in [0.05, 0.1) is 23.0 Å². The molecule has 4 nitrogen and oxygen atoms in total. The summed E-state index contributed by atoms with van der Waals surface area (Å²) in [4.78, 5) is 12.3. The van der Waals surface area contributed by atoms with E-state index >= 15 is 0 Å². The third-order valence-corrected chi connectivity index (χ3v) is 3.74. The van der Waals surface area contributed by atoms with E-state index in [4.69, 9.17) is 0 Å². The summed E-state index contributed by atoms with van der Waals surface area (Å²) in [6.45, 7) is 0. The van der Waals surface area contributed by atoms with Gasteiger partial charge in [0.25, 0.3) is 5.91 Å². The van der Waals surface area contributed by atoms with Crippen molar-refractivity contribution in [1.82, 2.24) is 9.61 Å². The Morgan fingerprint density at radius 3 is 2.95 bits per heavy atom. The van der Waals surface area contributed by atoms with Gasteiger partial charge in [-0.15, -0.1) is 0 Å². The van der Waals surface area contributed by atoms with Crippen molar-refractivity contribution in [2.45, 2.75) is 0 Å². The van der Waals surface area contributed by atoms with Crippen molar-refractivity contribution >= 4 is 39.7 Å². The van der Waals surface area contributed by atoms with E-state index in [0.717, 1.165) is 5.52 Å². The van der Waals surface area contributed by atoms with Crippen LogP contribution in [0.3, 0.4) is 0 Å². The number of amides is 1. The molecule has 2 heterocycles. The molecule has 100 valence electrons. The van der Waals surface area contributed by atoms with Crippen molar-refractivity contribution in [1.29, 1.82) is 0 Å². The fourth-order valence-electron chi connectivity index (χ4n) is 1.89. The second-order valence-electron chi connectivity index (χ2n) is 4.17. The summed E-state index contributed by atoms with van der Waals surface area (Å²) in [5.41, 5.74) is 1.78. The molecule has 0 atom stereocenters. The number of rotatable bonds is 2. The molecular formula is C14H9FIN3O. The van der Waals surface area contributed by atoms with E-state index in [1.165, 1.54) is 18.3 Å². The van der Waals surface area contributed by atoms with Crippen molar-refractivity contribution in [2.75, 3.05) is 5.32 Å². The molecule has 0 spiro atoms. The van der Waals surface area contributed by atoms with Crippen LogP contribution in [-0.2, 0) is 0 Å². The molecule has 0 aliphatic carbocycles. The second-order valence-corrected chi connectivity index (χ2v) is 5.33. The van der Waals surface area contributed by atoms with E-state index in [2.05, 4.69) is 10.4 Å². The van der Waals surface area contributed by atoms with Crippen LogP contribution >= 0.6 is 22.6 Å². The van der Waals surface area contributed by atoms with Crippen molar-refractivity contribution in [2.24, 2.45) is 0 Å². The topological polar surface area (TPSA) is 46.4 Å². The van der Waals surface area contributed by atoms with Crippen molar-refractivity contribution in [3.8, 4) is 0 Å². The molecule has 0 saturated carbocycles. The number of anilines is 1. The summed E-state index contributed by atoms with van der Waals surface area (Å²) >= 11 is 1.98. The standard InChI is InChI=1S/C14H9FIN3O/c15-9-4-5-12(11(16)7-9)18-14(20)10-8-17-19-6-2-1-3-13(10)19/h1-8H,(H,18,20). The monoisotopic (exact) mass is 381 g/mol. The van der Waals surface area contributed by atoms with Gasteiger partial charge in [0.1, 0.15) is 5.82 Å². The molecule has 0 aliphatic heterocycles. The zero-order valence-electron chi connectivity index (χ0n) is 10.2. The molecule has 0 fully saturated rings. The van der Waals surface area contributed by atoms with Crippen LogP contribution in [0.4, 0.5) is 10.1 Å². The molecule has 2 aromatic heterocycles. The van der Waals surface area contributed by atoms with Gasteiger partial charge >= 0.3 is 0 Å². The van der Waals surface area contributed by atoms with Crippen molar-refractivity contribution < 1.29 is 9.18 Å². The van der Waals surface area contributed by atoms with Crippen molar-refractivity contribution in [3.63, 3.8) is 0 Å². The minimum atomic E-state index is -0.330. The number of carbonyl (C=O) groups excluding carboxylic acids is 1. The molecule has 1 aromatic carbocycles. The van der Waals surface area contributed by atoms with Gasteiger partial charge in [0.15, 0.2) is 0 Å². The van der Waals surface area contributed by atoms with Gasteiger partial charge in [-0.1, -0.05) is 6.07 Å². The summed E-state index contributed by atoms with van der Waals surface area (Å²) in [6.07, 6.45) is 3.29. The van der Waals surface area contributed by atoms with Gasteiger partial charge in [-0.05, 0) is 52.9 Å². The smallest absolute Gasteiger partial charge is 0.259 e. The first kappa shape index (κ1) is 13.0. The SMILES string of the molecule is O=C(Nc1ccc(F)cc1I)c1cnn2ccccc12. The lowest BCUT2D eigenvalue weighted by molar-refractivity contribution is 0.102. The number of pyridine rings is 1. The zero-order chi connectivity index (χ0) is 14.1. The molecule has 0 radical (unpaired) electrons. The molecule has 1 N–H and O–H groups in total. The Labute approximate surface area is 127 Å². The maximum Gasteiger partial charge on any atom is 0.259 e. The number of halogens is 2. The van der Waals surface area contributed by atoms with E-state index in [0.29, 0.717) is 14.8 Å². The molecule has 6 heteroatoms. The highest BCUT2D eigenvalue weighted by atomic mass is 127.